The van der Waals surface area contributed by atoms with Crippen molar-refractivity contribution >= 4 is 16.7 Å². The van der Waals surface area contributed by atoms with Crippen LogP contribution in [0.3, 0.4) is 0 Å². The molecule has 2 atom stereocenters. The SMILES string of the molecule is COc1cc(-c2nc3c(C)cc(C4CCN(C5CC6CCC(C5)N6C(C)C)CC4)cc3[nH]2)cn2ncnc12. The van der Waals surface area contributed by atoms with Gasteiger partial charge in [-0.3, -0.25) is 4.90 Å². The predicted molar refractivity (Wildman–Crippen MR) is 150 cm³/mol. The largest absolute Gasteiger partial charge is 0.493 e. The second-order valence-corrected chi connectivity index (χ2v) is 12.0. The molecule has 3 saturated heterocycles. The molecule has 3 fully saturated rings. The Kier molecular flexibility index (Phi) is 5.93. The fraction of sp³-hybridized carbons (Fsp3) is 0.567. The third-order valence-electron chi connectivity index (χ3n) is 9.51. The summed E-state index contributed by atoms with van der Waals surface area (Å²) in [4.78, 5) is 18.5. The Balaban J connectivity index is 1.08. The van der Waals surface area contributed by atoms with E-state index in [2.05, 4.69) is 57.8 Å². The molecular weight excluding hydrogens is 474 g/mol. The van der Waals surface area contributed by atoms with Crippen LogP contribution < -0.4 is 4.74 Å². The van der Waals surface area contributed by atoms with Crippen LogP contribution >= 0.6 is 0 Å². The summed E-state index contributed by atoms with van der Waals surface area (Å²) in [6.07, 6.45) is 11.5. The Bertz CT molecular complexity index is 1450. The first-order valence-electron chi connectivity index (χ1n) is 14.4. The topological polar surface area (TPSA) is 74.6 Å². The number of ether oxygens (including phenoxy) is 1. The number of hydrogen-bond donors (Lipinski definition) is 1. The van der Waals surface area contributed by atoms with Crippen molar-refractivity contribution < 1.29 is 4.74 Å². The molecule has 0 aliphatic carbocycles. The molecule has 8 nitrogen and oxygen atoms in total. The number of nitrogens with zero attached hydrogens (tertiary/aromatic N) is 6. The van der Waals surface area contributed by atoms with E-state index in [0.29, 0.717) is 23.4 Å². The monoisotopic (exact) mass is 513 g/mol. The number of piperidine rings is 2. The van der Waals surface area contributed by atoms with E-state index in [1.165, 1.54) is 62.7 Å². The molecule has 0 saturated carbocycles. The molecule has 0 spiro atoms. The highest BCUT2D eigenvalue weighted by Crippen LogP contribution is 2.41. The molecule has 4 aromatic rings. The van der Waals surface area contributed by atoms with Crippen LogP contribution in [-0.2, 0) is 0 Å². The van der Waals surface area contributed by atoms with Crippen molar-refractivity contribution in [2.45, 2.75) is 89.4 Å². The van der Waals surface area contributed by atoms with Gasteiger partial charge in [0.25, 0.3) is 0 Å². The molecule has 3 aliphatic rings. The number of aromatic nitrogens is 5. The minimum Gasteiger partial charge on any atom is -0.493 e. The average Bonchev–Trinajstić information content (AvgIpc) is 3.64. The zero-order valence-electron chi connectivity index (χ0n) is 23.0. The van der Waals surface area contributed by atoms with Crippen LogP contribution in [0.5, 0.6) is 5.75 Å². The summed E-state index contributed by atoms with van der Waals surface area (Å²) in [5.41, 5.74) is 6.45. The number of pyridine rings is 1. The number of H-pyrrole nitrogens is 1. The van der Waals surface area contributed by atoms with Gasteiger partial charge in [-0.2, -0.15) is 5.10 Å². The standard InChI is InChI=1S/C30H39N7O/c1-18(2)37-23-5-6-24(37)15-25(14-23)35-9-7-20(8-10-35)21-11-19(3)28-26(12-21)33-29(34-28)22-13-27(38-4)30-31-17-32-36(30)16-22/h11-13,16-18,20,23-25H,5-10,14-15H2,1-4H3,(H,33,34). The Labute approximate surface area is 224 Å². The van der Waals surface area contributed by atoms with Crippen molar-refractivity contribution in [1.29, 1.82) is 0 Å². The molecule has 3 aliphatic heterocycles. The molecule has 0 radical (unpaired) electrons. The zero-order valence-corrected chi connectivity index (χ0v) is 23.0. The average molecular weight is 514 g/mol. The number of aryl methyl sites for hydroxylation is 1. The quantitative estimate of drug-likeness (QED) is 0.397. The number of imidazole rings is 1. The van der Waals surface area contributed by atoms with Gasteiger partial charge >= 0.3 is 0 Å². The number of benzene rings is 1. The van der Waals surface area contributed by atoms with Crippen molar-refractivity contribution in [2.75, 3.05) is 20.2 Å². The highest BCUT2D eigenvalue weighted by molar-refractivity contribution is 5.83. The summed E-state index contributed by atoms with van der Waals surface area (Å²) < 4.78 is 7.30. The molecule has 8 heteroatoms. The van der Waals surface area contributed by atoms with Gasteiger partial charge in [0.1, 0.15) is 12.2 Å². The Hall–Kier alpha value is -2.97. The minimum atomic E-state index is 0.611. The van der Waals surface area contributed by atoms with Crippen molar-refractivity contribution in [3.05, 3.63) is 41.9 Å². The van der Waals surface area contributed by atoms with Crippen LogP contribution in [0.4, 0.5) is 0 Å². The highest BCUT2D eigenvalue weighted by atomic mass is 16.5. The fourth-order valence-electron chi connectivity index (χ4n) is 7.79. The lowest BCUT2D eigenvalue weighted by atomic mass is 9.86. The number of nitrogens with one attached hydrogen (secondary N) is 1. The summed E-state index contributed by atoms with van der Waals surface area (Å²) in [5.74, 6) is 2.13. The molecule has 38 heavy (non-hydrogen) atoms. The van der Waals surface area contributed by atoms with E-state index in [1.54, 1.807) is 18.0 Å². The van der Waals surface area contributed by atoms with E-state index in [9.17, 15) is 0 Å². The van der Waals surface area contributed by atoms with Crippen molar-refractivity contribution in [3.63, 3.8) is 0 Å². The first kappa shape index (κ1) is 24.1. The van der Waals surface area contributed by atoms with Gasteiger partial charge in [0, 0.05) is 35.9 Å². The molecule has 200 valence electrons. The minimum absolute atomic E-state index is 0.611. The lowest BCUT2D eigenvalue weighted by Gasteiger charge is -2.46. The van der Waals surface area contributed by atoms with E-state index in [4.69, 9.17) is 9.72 Å². The van der Waals surface area contributed by atoms with Crippen molar-refractivity contribution in [1.82, 2.24) is 34.4 Å². The summed E-state index contributed by atoms with van der Waals surface area (Å²) >= 11 is 0. The van der Waals surface area contributed by atoms with E-state index in [-0.39, 0.29) is 0 Å². The van der Waals surface area contributed by atoms with Gasteiger partial charge in [0.15, 0.2) is 11.4 Å². The van der Waals surface area contributed by atoms with Crippen LogP contribution in [0.15, 0.2) is 30.7 Å². The van der Waals surface area contributed by atoms with Crippen LogP contribution in [0, 0.1) is 6.92 Å². The Morgan fingerprint density at radius 2 is 1.76 bits per heavy atom. The van der Waals surface area contributed by atoms with Gasteiger partial charge < -0.3 is 14.6 Å². The number of aromatic amines is 1. The summed E-state index contributed by atoms with van der Waals surface area (Å²) in [6.45, 7) is 9.39. The third-order valence-corrected chi connectivity index (χ3v) is 9.51. The first-order valence-corrected chi connectivity index (χ1v) is 14.4. The van der Waals surface area contributed by atoms with Crippen molar-refractivity contribution in [2.24, 2.45) is 0 Å². The molecule has 2 bridgehead atoms. The van der Waals surface area contributed by atoms with Gasteiger partial charge in [-0.05, 0) is 102 Å². The van der Waals surface area contributed by atoms with Gasteiger partial charge in [0.05, 0.1) is 18.1 Å². The fourth-order valence-corrected chi connectivity index (χ4v) is 7.79. The smallest absolute Gasteiger partial charge is 0.197 e. The molecule has 1 aromatic carbocycles. The van der Waals surface area contributed by atoms with Crippen LogP contribution in [-0.4, -0.2) is 78.7 Å². The van der Waals surface area contributed by atoms with Gasteiger partial charge in [-0.15, -0.1) is 0 Å². The Morgan fingerprint density at radius 3 is 2.47 bits per heavy atom. The first-order chi connectivity index (χ1) is 18.5. The molecule has 3 aromatic heterocycles. The van der Waals surface area contributed by atoms with E-state index >= 15 is 0 Å². The maximum atomic E-state index is 5.56. The number of likely N-dealkylation sites (tertiary alicyclic amines) is 1. The predicted octanol–water partition coefficient (Wildman–Crippen LogP) is 5.17. The van der Waals surface area contributed by atoms with Crippen LogP contribution in [0.2, 0.25) is 0 Å². The number of fused-ring (bicyclic) bond motifs is 4. The highest BCUT2D eigenvalue weighted by Gasteiger charge is 2.43. The van der Waals surface area contributed by atoms with E-state index in [0.717, 1.165) is 40.5 Å². The molecular formula is C30H39N7O. The van der Waals surface area contributed by atoms with E-state index in [1.807, 2.05) is 12.3 Å². The normalized spacial score (nSPS) is 25.2. The summed E-state index contributed by atoms with van der Waals surface area (Å²) in [7, 11) is 1.66. The van der Waals surface area contributed by atoms with Gasteiger partial charge in [0.2, 0.25) is 0 Å². The number of rotatable bonds is 5. The second-order valence-electron chi connectivity index (χ2n) is 12.0. The third kappa shape index (κ3) is 4.00. The van der Waals surface area contributed by atoms with Crippen molar-refractivity contribution in [3.8, 4) is 17.1 Å². The number of methoxy groups -OCH3 is 1. The summed E-state index contributed by atoms with van der Waals surface area (Å²) in [6, 6.07) is 9.77. The Morgan fingerprint density at radius 1 is 1.00 bits per heavy atom. The van der Waals surface area contributed by atoms with Crippen LogP contribution in [0.25, 0.3) is 28.1 Å². The maximum Gasteiger partial charge on any atom is 0.197 e. The maximum absolute atomic E-state index is 5.56. The zero-order chi connectivity index (χ0) is 26.0. The second kappa shape index (κ2) is 9.35. The van der Waals surface area contributed by atoms with Gasteiger partial charge in [-0.1, -0.05) is 6.07 Å². The lowest BCUT2D eigenvalue weighted by Crippen LogP contribution is -2.53. The van der Waals surface area contributed by atoms with Gasteiger partial charge in [-0.25, -0.2) is 14.5 Å². The van der Waals surface area contributed by atoms with Crippen LogP contribution in [0.1, 0.15) is 69.4 Å². The molecule has 0 amide bonds. The summed E-state index contributed by atoms with van der Waals surface area (Å²) in [5, 5.41) is 4.30. The molecule has 6 heterocycles. The van der Waals surface area contributed by atoms with E-state index < -0.39 is 0 Å². The molecule has 7 rings (SSSR count). The molecule has 2 unspecified atom stereocenters. The number of hydrogen-bond acceptors (Lipinski definition) is 6. The molecule has 1 N–H and O–H groups in total. The lowest BCUT2D eigenvalue weighted by molar-refractivity contribution is 0.0298.